The minimum absolute atomic E-state index is 0.145. The number of rotatable bonds is 6. The maximum atomic E-state index is 12.6. The van der Waals surface area contributed by atoms with Crippen LogP contribution >= 0.6 is 11.6 Å². The summed E-state index contributed by atoms with van der Waals surface area (Å²) >= 11 is 6.02. The summed E-state index contributed by atoms with van der Waals surface area (Å²) in [7, 11) is 1.61. The fourth-order valence-electron chi connectivity index (χ4n) is 2.52. The number of benzene rings is 1. The van der Waals surface area contributed by atoms with Gasteiger partial charge < -0.3 is 20.1 Å². The molecule has 1 aromatic carbocycles. The van der Waals surface area contributed by atoms with Crippen LogP contribution in [0.2, 0.25) is 5.02 Å². The fraction of sp³-hybridized carbons (Fsp3) is 0.562. The lowest BCUT2D eigenvalue weighted by Crippen LogP contribution is -2.48. The smallest absolute Gasteiger partial charge is 0.255 e. The van der Waals surface area contributed by atoms with Crippen LogP contribution in [0.1, 0.15) is 23.7 Å². The minimum atomic E-state index is -0.145. The maximum Gasteiger partial charge on any atom is 0.255 e. The van der Waals surface area contributed by atoms with Crippen LogP contribution < -0.4 is 15.4 Å². The van der Waals surface area contributed by atoms with Crippen LogP contribution in [-0.2, 0) is 4.74 Å². The number of hydrogen-bond donors (Lipinski definition) is 2. The van der Waals surface area contributed by atoms with E-state index >= 15 is 0 Å². The normalized spacial score (nSPS) is 21.4. The standard InChI is InChI=1S/C16H23ClN2O3/c1-11-10-18-6-5-14(11)19-16(20)13-9-12(17)3-4-15(13)22-8-7-21-2/h3-4,9,11,14,18H,5-8,10H2,1-2H3,(H,19,20). The SMILES string of the molecule is COCCOc1ccc(Cl)cc1C(=O)NC1CCNCC1C. The van der Waals surface area contributed by atoms with Gasteiger partial charge in [0.05, 0.1) is 12.2 Å². The number of nitrogens with one attached hydrogen (secondary N) is 2. The van der Waals surface area contributed by atoms with E-state index in [-0.39, 0.29) is 11.9 Å². The van der Waals surface area contributed by atoms with E-state index in [0.717, 1.165) is 19.5 Å². The molecule has 2 N–H and O–H groups in total. The summed E-state index contributed by atoms with van der Waals surface area (Å²) in [4.78, 5) is 12.6. The van der Waals surface area contributed by atoms with Gasteiger partial charge in [0.1, 0.15) is 12.4 Å². The third kappa shape index (κ3) is 4.60. The zero-order valence-electron chi connectivity index (χ0n) is 13.0. The molecule has 0 saturated carbocycles. The molecule has 1 aliphatic rings. The number of carbonyl (C=O) groups excluding carboxylic acids is 1. The third-order valence-electron chi connectivity index (χ3n) is 3.83. The van der Waals surface area contributed by atoms with Crippen molar-refractivity contribution < 1.29 is 14.3 Å². The van der Waals surface area contributed by atoms with E-state index in [9.17, 15) is 4.79 Å². The van der Waals surface area contributed by atoms with Crippen molar-refractivity contribution in [2.75, 3.05) is 33.4 Å². The van der Waals surface area contributed by atoms with E-state index in [1.54, 1.807) is 25.3 Å². The Labute approximate surface area is 136 Å². The molecule has 122 valence electrons. The molecule has 0 aromatic heterocycles. The molecule has 22 heavy (non-hydrogen) atoms. The topological polar surface area (TPSA) is 59.6 Å². The largest absolute Gasteiger partial charge is 0.490 e. The lowest BCUT2D eigenvalue weighted by atomic mass is 9.95. The lowest BCUT2D eigenvalue weighted by Gasteiger charge is -2.30. The molecule has 2 unspecified atom stereocenters. The van der Waals surface area contributed by atoms with Crippen molar-refractivity contribution in [1.82, 2.24) is 10.6 Å². The van der Waals surface area contributed by atoms with Crippen LogP contribution in [0.15, 0.2) is 18.2 Å². The predicted octanol–water partition coefficient (Wildman–Crippen LogP) is 2.09. The van der Waals surface area contributed by atoms with Crippen LogP contribution in [-0.4, -0.2) is 45.4 Å². The monoisotopic (exact) mass is 326 g/mol. The molecule has 0 spiro atoms. The molecule has 1 amide bonds. The summed E-state index contributed by atoms with van der Waals surface area (Å²) < 4.78 is 10.6. The van der Waals surface area contributed by atoms with Gasteiger partial charge in [-0.2, -0.15) is 0 Å². The van der Waals surface area contributed by atoms with Gasteiger partial charge in [0.2, 0.25) is 0 Å². The van der Waals surface area contributed by atoms with Gasteiger partial charge in [-0.05, 0) is 43.6 Å². The van der Waals surface area contributed by atoms with E-state index in [2.05, 4.69) is 17.6 Å². The lowest BCUT2D eigenvalue weighted by molar-refractivity contribution is 0.0906. The van der Waals surface area contributed by atoms with Crippen LogP contribution in [0.5, 0.6) is 5.75 Å². The molecule has 5 nitrogen and oxygen atoms in total. The quantitative estimate of drug-likeness (QED) is 0.786. The second kappa shape index (κ2) is 8.36. The number of piperidine rings is 1. The zero-order valence-corrected chi connectivity index (χ0v) is 13.8. The van der Waals surface area contributed by atoms with Crippen molar-refractivity contribution in [1.29, 1.82) is 0 Å². The number of methoxy groups -OCH3 is 1. The molecule has 1 heterocycles. The fourth-order valence-corrected chi connectivity index (χ4v) is 2.69. The number of hydrogen-bond acceptors (Lipinski definition) is 4. The Morgan fingerprint density at radius 2 is 2.27 bits per heavy atom. The third-order valence-corrected chi connectivity index (χ3v) is 4.07. The molecule has 0 bridgehead atoms. The molecule has 1 fully saturated rings. The first kappa shape index (κ1) is 17.1. The Morgan fingerprint density at radius 1 is 1.45 bits per heavy atom. The molecule has 0 radical (unpaired) electrons. The van der Waals surface area contributed by atoms with Crippen LogP contribution in [0, 0.1) is 5.92 Å². The van der Waals surface area contributed by atoms with E-state index in [1.165, 1.54) is 0 Å². The highest BCUT2D eigenvalue weighted by Gasteiger charge is 2.24. The highest BCUT2D eigenvalue weighted by atomic mass is 35.5. The Balaban J connectivity index is 2.08. The molecule has 2 rings (SSSR count). The summed E-state index contributed by atoms with van der Waals surface area (Å²) in [5.74, 6) is 0.781. The van der Waals surface area contributed by atoms with Gasteiger partial charge in [0, 0.05) is 18.2 Å². The first-order valence-electron chi connectivity index (χ1n) is 7.54. The van der Waals surface area contributed by atoms with Gasteiger partial charge in [-0.1, -0.05) is 18.5 Å². The van der Waals surface area contributed by atoms with E-state index in [1.807, 2.05) is 0 Å². The van der Waals surface area contributed by atoms with Gasteiger partial charge in [0.15, 0.2) is 0 Å². The Bertz CT molecular complexity index is 510. The van der Waals surface area contributed by atoms with Gasteiger partial charge in [-0.15, -0.1) is 0 Å². The van der Waals surface area contributed by atoms with E-state index < -0.39 is 0 Å². The molecular formula is C16H23ClN2O3. The molecule has 2 atom stereocenters. The summed E-state index contributed by atoms with van der Waals surface area (Å²) in [6.07, 6.45) is 0.924. The first-order chi connectivity index (χ1) is 10.6. The first-order valence-corrected chi connectivity index (χ1v) is 7.92. The second-order valence-corrected chi connectivity index (χ2v) is 5.97. The predicted molar refractivity (Wildman–Crippen MR) is 86.7 cm³/mol. The highest BCUT2D eigenvalue weighted by Crippen LogP contribution is 2.23. The van der Waals surface area contributed by atoms with Crippen molar-refractivity contribution in [3.05, 3.63) is 28.8 Å². The second-order valence-electron chi connectivity index (χ2n) is 5.53. The van der Waals surface area contributed by atoms with Gasteiger partial charge in [0.25, 0.3) is 5.91 Å². The summed E-state index contributed by atoms with van der Waals surface area (Å²) in [5, 5.41) is 6.93. The number of halogens is 1. The summed E-state index contributed by atoms with van der Waals surface area (Å²) in [6.45, 7) is 4.82. The number of ether oxygens (including phenoxy) is 2. The van der Waals surface area contributed by atoms with Gasteiger partial charge in [-0.3, -0.25) is 4.79 Å². The molecule has 1 aliphatic heterocycles. The molecule has 0 aliphatic carbocycles. The van der Waals surface area contributed by atoms with Crippen molar-refractivity contribution >= 4 is 17.5 Å². The molecular weight excluding hydrogens is 304 g/mol. The van der Waals surface area contributed by atoms with Gasteiger partial charge >= 0.3 is 0 Å². The number of carbonyl (C=O) groups is 1. The van der Waals surface area contributed by atoms with Crippen LogP contribution in [0.4, 0.5) is 0 Å². The van der Waals surface area contributed by atoms with Gasteiger partial charge in [-0.25, -0.2) is 0 Å². The number of amides is 1. The maximum absolute atomic E-state index is 12.6. The molecule has 1 saturated heterocycles. The van der Waals surface area contributed by atoms with Crippen molar-refractivity contribution in [3.8, 4) is 5.75 Å². The Morgan fingerprint density at radius 3 is 3.00 bits per heavy atom. The van der Waals surface area contributed by atoms with Crippen molar-refractivity contribution in [2.24, 2.45) is 5.92 Å². The molecule has 6 heteroatoms. The zero-order chi connectivity index (χ0) is 15.9. The Hall–Kier alpha value is -1.30. The van der Waals surface area contributed by atoms with E-state index in [4.69, 9.17) is 21.1 Å². The van der Waals surface area contributed by atoms with Crippen molar-refractivity contribution in [3.63, 3.8) is 0 Å². The van der Waals surface area contributed by atoms with E-state index in [0.29, 0.717) is 35.5 Å². The van der Waals surface area contributed by atoms with Crippen molar-refractivity contribution in [2.45, 2.75) is 19.4 Å². The van der Waals surface area contributed by atoms with Crippen LogP contribution in [0.25, 0.3) is 0 Å². The molecule has 1 aromatic rings. The summed E-state index contributed by atoms with van der Waals surface area (Å²) in [5.41, 5.74) is 0.467. The minimum Gasteiger partial charge on any atom is -0.490 e. The van der Waals surface area contributed by atoms with Crippen LogP contribution in [0.3, 0.4) is 0 Å². The average molecular weight is 327 g/mol. The average Bonchev–Trinajstić information content (AvgIpc) is 2.51. The summed E-state index contributed by atoms with van der Waals surface area (Å²) in [6, 6.07) is 5.25. The highest BCUT2D eigenvalue weighted by molar-refractivity contribution is 6.31. The Kier molecular flexibility index (Phi) is 6.49.